The van der Waals surface area contributed by atoms with Crippen molar-refractivity contribution in [2.24, 2.45) is 5.92 Å². The number of benzene rings is 1. The maximum Gasteiger partial charge on any atom is 0.263 e. The molecule has 0 saturated carbocycles. The average molecular weight is 444 g/mol. The highest BCUT2D eigenvalue weighted by Gasteiger charge is 2.28. The van der Waals surface area contributed by atoms with E-state index in [1.54, 1.807) is 0 Å². The first-order valence-electron chi connectivity index (χ1n) is 11.2. The molecule has 1 saturated heterocycles. The van der Waals surface area contributed by atoms with E-state index in [0.29, 0.717) is 39.1 Å². The zero-order chi connectivity index (χ0) is 22.1. The molecule has 168 valence electrons. The third-order valence-corrected chi connectivity index (χ3v) is 6.73. The van der Waals surface area contributed by atoms with Crippen LogP contribution in [0.3, 0.4) is 0 Å². The molecule has 1 N–H and O–H groups in total. The molecule has 2 heterocycles. The molecule has 0 unspecified atom stereocenters. The van der Waals surface area contributed by atoms with Crippen molar-refractivity contribution >= 4 is 23.2 Å². The van der Waals surface area contributed by atoms with Gasteiger partial charge >= 0.3 is 0 Å². The van der Waals surface area contributed by atoms with Gasteiger partial charge in [-0.15, -0.1) is 11.3 Å². The molecule has 1 fully saturated rings. The zero-order valence-electron chi connectivity index (χ0n) is 18.5. The van der Waals surface area contributed by atoms with Crippen molar-refractivity contribution < 1.29 is 14.3 Å². The maximum atomic E-state index is 12.7. The largest absolute Gasteiger partial charge is 0.492 e. The third kappa shape index (κ3) is 6.55. The summed E-state index contributed by atoms with van der Waals surface area (Å²) in [5.74, 6) is 0.903. The lowest BCUT2D eigenvalue weighted by Gasteiger charge is -2.31. The second kappa shape index (κ2) is 11.9. The summed E-state index contributed by atoms with van der Waals surface area (Å²) in [5.41, 5.74) is 0.987. The Kier molecular flexibility index (Phi) is 8.91. The molecule has 0 atom stereocenters. The molecule has 0 spiro atoms. The minimum atomic E-state index is -0.0527. The van der Waals surface area contributed by atoms with Crippen molar-refractivity contribution in [3.05, 3.63) is 52.2 Å². The molecular formula is C24H33N3O3S. The number of rotatable bonds is 10. The fourth-order valence-electron chi connectivity index (χ4n) is 3.84. The van der Waals surface area contributed by atoms with Crippen LogP contribution in [0.2, 0.25) is 0 Å². The Bertz CT molecular complexity index is 828. The molecule has 1 aliphatic heterocycles. The Hall–Kier alpha value is -2.38. The van der Waals surface area contributed by atoms with Gasteiger partial charge in [0.2, 0.25) is 5.91 Å². The van der Waals surface area contributed by atoms with Crippen LogP contribution < -0.4 is 10.1 Å². The van der Waals surface area contributed by atoms with Gasteiger partial charge in [0.25, 0.3) is 5.91 Å². The van der Waals surface area contributed by atoms with Crippen LogP contribution in [-0.2, 0) is 11.3 Å². The summed E-state index contributed by atoms with van der Waals surface area (Å²) in [6, 6.07) is 11.6. The summed E-state index contributed by atoms with van der Waals surface area (Å²) in [4.78, 5) is 30.1. The predicted octanol–water partition coefficient (Wildman–Crippen LogP) is 3.64. The lowest BCUT2D eigenvalue weighted by Crippen LogP contribution is -2.42. The van der Waals surface area contributed by atoms with E-state index in [4.69, 9.17) is 4.74 Å². The SMILES string of the molecule is CCN(CC)CCOc1ccccc1CNC(=O)C1CCN(C(=O)c2cccs2)CC1. The number of likely N-dealkylation sites (tertiary alicyclic amines) is 1. The normalized spacial score (nSPS) is 14.6. The van der Waals surface area contributed by atoms with Gasteiger partial charge < -0.3 is 19.9 Å². The van der Waals surface area contributed by atoms with Gasteiger partial charge in [-0.2, -0.15) is 0 Å². The molecule has 31 heavy (non-hydrogen) atoms. The number of ether oxygens (including phenoxy) is 1. The van der Waals surface area contributed by atoms with E-state index in [2.05, 4.69) is 24.1 Å². The van der Waals surface area contributed by atoms with Crippen LogP contribution in [0, 0.1) is 5.92 Å². The molecule has 1 aromatic heterocycles. The maximum absolute atomic E-state index is 12.7. The Morgan fingerprint density at radius 2 is 1.87 bits per heavy atom. The first-order valence-corrected chi connectivity index (χ1v) is 12.0. The van der Waals surface area contributed by atoms with Crippen molar-refractivity contribution in [3.63, 3.8) is 0 Å². The van der Waals surface area contributed by atoms with Crippen LogP contribution in [0.25, 0.3) is 0 Å². The number of hydrogen-bond acceptors (Lipinski definition) is 5. The molecule has 1 aromatic carbocycles. The number of nitrogens with zero attached hydrogens (tertiary/aromatic N) is 2. The minimum absolute atomic E-state index is 0.0527. The van der Waals surface area contributed by atoms with E-state index in [1.165, 1.54) is 11.3 Å². The second-order valence-corrected chi connectivity index (χ2v) is 8.69. The molecule has 0 aliphatic carbocycles. The molecular weight excluding hydrogens is 410 g/mol. The Morgan fingerprint density at radius 3 is 2.55 bits per heavy atom. The Morgan fingerprint density at radius 1 is 1.13 bits per heavy atom. The van der Waals surface area contributed by atoms with Crippen LogP contribution in [0.15, 0.2) is 41.8 Å². The first kappa shape index (κ1) is 23.3. The van der Waals surface area contributed by atoms with Gasteiger partial charge in [0.05, 0.1) is 4.88 Å². The van der Waals surface area contributed by atoms with Crippen molar-refractivity contribution in [3.8, 4) is 5.75 Å². The zero-order valence-corrected chi connectivity index (χ0v) is 19.3. The lowest BCUT2D eigenvalue weighted by molar-refractivity contribution is -0.126. The summed E-state index contributed by atoms with van der Waals surface area (Å²) >= 11 is 1.46. The molecule has 0 radical (unpaired) electrons. The molecule has 1 aliphatic rings. The number of amides is 2. The molecule has 3 rings (SSSR count). The number of piperidine rings is 1. The molecule has 6 nitrogen and oxygen atoms in total. The Balaban J connectivity index is 1.45. The third-order valence-electron chi connectivity index (χ3n) is 5.87. The van der Waals surface area contributed by atoms with E-state index in [-0.39, 0.29) is 17.7 Å². The summed E-state index contributed by atoms with van der Waals surface area (Å²) in [6.07, 6.45) is 1.40. The highest BCUT2D eigenvalue weighted by atomic mass is 32.1. The van der Waals surface area contributed by atoms with E-state index in [9.17, 15) is 9.59 Å². The van der Waals surface area contributed by atoms with Crippen LogP contribution in [0.4, 0.5) is 0 Å². The molecule has 2 aromatic rings. The van der Waals surface area contributed by atoms with Gasteiger partial charge in [-0.05, 0) is 43.4 Å². The van der Waals surface area contributed by atoms with Crippen LogP contribution in [-0.4, -0.2) is 60.9 Å². The summed E-state index contributed by atoms with van der Waals surface area (Å²) in [7, 11) is 0. The van der Waals surface area contributed by atoms with E-state index in [0.717, 1.165) is 35.8 Å². The second-order valence-electron chi connectivity index (χ2n) is 7.74. The average Bonchev–Trinajstić information content (AvgIpc) is 3.35. The summed E-state index contributed by atoms with van der Waals surface area (Å²) < 4.78 is 5.99. The molecule has 2 amide bonds. The smallest absolute Gasteiger partial charge is 0.263 e. The van der Waals surface area contributed by atoms with Gasteiger partial charge in [0, 0.05) is 37.7 Å². The number of carbonyl (C=O) groups is 2. The van der Waals surface area contributed by atoms with Gasteiger partial charge in [0.1, 0.15) is 12.4 Å². The van der Waals surface area contributed by atoms with Crippen LogP contribution >= 0.6 is 11.3 Å². The standard InChI is InChI=1S/C24H33N3O3S/c1-3-26(4-2)15-16-30-21-9-6-5-8-20(21)18-25-23(28)19-11-13-27(14-12-19)24(29)22-10-7-17-31-22/h5-10,17,19H,3-4,11-16,18H2,1-2H3,(H,25,28). The summed E-state index contributed by atoms with van der Waals surface area (Å²) in [6.45, 7) is 9.53. The van der Waals surface area contributed by atoms with Crippen LogP contribution in [0.5, 0.6) is 5.75 Å². The minimum Gasteiger partial charge on any atom is -0.492 e. The molecule has 7 heteroatoms. The van der Waals surface area contributed by atoms with Gasteiger partial charge in [-0.1, -0.05) is 38.1 Å². The highest BCUT2D eigenvalue weighted by Crippen LogP contribution is 2.22. The number of para-hydroxylation sites is 1. The van der Waals surface area contributed by atoms with Crippen molar-refractivity contribution in [2.45, 2.75) is 33.2 Å². The number of nitrogens with one attached hydrogen (secondary N) is 1. The fraction of sp³-hybridized carbons (Fsp3) is 0.500. The van der Waals surface area contributed by atoms with Crippen LogP contribution in [0.1, 0.15) is 41.9 Å². The number of thiophene rings is 1. The number of likely N-dealkylation sites (N-methyl/N-ethyl adjacent to an activating group) is 1. The Labute approximate surface area is 189 Å². The van der Waals surface area contributed by atoms with E-state index < -0.39 is 0 Å². The van der Waals surface area contributed by atoms with Gasteiger partial charge in [0.15, 0.2) is 0 Å². The quantitative estimate of drug-likeness (QED) is 0.609. The van der Waals surface area contributed by atoms with Crippen molar-refractivity contribution in [1.82, 2.24) is 15.1 Å². The first-order chi connectivity index (χ1) is 15.1. The predicted molar refractivity (Wildman–Crippen MR) is 125 cm³/mol. The van der Waals surface area contributed by atoms with Gasteiger partial charge in [-0.3, -0.25) is 9.59 Å². The highest BCUT2D eigenvalue weighted by molar-refractivity contribution is 7.12. The fourth-order valence-corrected chi connectivity index (χ4v) is 4.53. The number of hydrogen-bond donors (Lipinski definition) is 1. The summed E-state index contributed by atoms with van der Waals surface area (Å²) in [5, 5.41) is 4.99. The van der Waals surface area contributed by atoms with E-state index in [1.807, 2.05) is 46.7 Å². The van der Waals surface area contributed by atoms with Crippen molar-refractivity contribution in [2.75, 3.05) is 39.3 Å². The van der Waals surface area contributed by atoms with Gasteiger partial charge in [-0.25, -0.2) is 0 Å². The molecule has 0 bridgehead atoms. The van der Waals surface area contributed by atoms with E-state index >= 15 is 0 Å². The number of carbonyl (C=O) groups excluding carboxylic acids is 2. The topological polar surface area (TPSA) is 61.9 Å². The monoisotopic (exact) mass is 443 g/mol. The van der Waals surface area contributed by atoms with Crippen molar-refractivity contribution in [1.29, 1.82) is 0 Å². The lowest BCUT2D eigenvalue weighted by atomic mass is 9.95.